The molecular weight excluding hydrogens is 394 g/mol. The molecule has 0 unspecified atom stereocenters. The van der Waals surface area contributed by atoms with Gasteiger partial charge in [-0.1, -0.05) is 38.1 Å². The first kappa shape index (κ1) is 22.7. The third-order valence-electron chi connectivity index (χ3n) is 5.94. The van der Waals surface area contributed by atoms with Crippen LogP contribution < -0.4 is 11.2 Å². The number of aryl methyl sites for hydroxylation is 1. The third kappa shape index (κ3) is 5.81. The van der Waals surface area contributed by atoms with Crippen LogP contribution in [-0.4, -0.2) is 39.6 Å². The Kier molecular flexibility index (Phi) is 7.25. The molecule has 0 spiro atoms. The Morgan fingerprint density at radius 2 is 1.71 bits per heavy atom. The van der Waals surface area contributed by atoms with E-state index in [0.717, 1.165) is 12.0 Å². The van der Waals surface area contributed by atoms with Crippen molar-refractivity contribution >= 4 is 11.7 Å². The van der Waals surface area contributed by atoms with Gasteiger partial charge in [0.25, 0.3) is 5.56 Å². The van der Waals surface area contributed by atoms with Gasteiger partial charge < -0.3 is 9.88 Å². The van der Waals surface area contributed by atoms with Crippen LogP contribution in [0.2, 0.25) is 0 Å². The highest BCUT2D eigenvalue weighted by Crippen LogP contribution is 2.23. The first-order valence-corrected chi connectivity index (χ1v) is 11.0. The van der Waals surface area contributed by atoms with E-state index in [2.05, 4.69) is 23.8 Å². The SMILES string of the molecule is Cc1[nH]c(=O)[nH]c(=O)c1CCC(=O)N1CCC(C(=O)c2ccc(CC(C)C)cc2)CC1. The highest BCUT2D eigenvalue weighted by atomic mass is 16.2. The maximum atomic E-state index is 12.9. The lowest BCUT2D eigenvalue weighted by Crippen LogP contribution is -2.40. The zero-order valence-electron chi connectivity index (χ0n) is 18.5. The Morgan fingerprint density at radius 3 is 2.29 bits per heavy atom. The Hall–Kier alpha value is -2.96. The molecule has 1 saturated heterocycles. The van der Waals surface area contributed by atoms with Crippen molar-refractivity contribution in [1.29, 1.82) is 0 Å². The van der Waals surface area contributed by atoms with Crippen LogP contribution in [0, 0.1) is 18.8 Å². The van der Waals surface area contributed by atoms with Gasteiger partial charge in [-0.2, -0.15) is 0 Å². The summed E-state index contributed by atoms with van der Waals surface area (Å²) in [4.78, 5) is 55.2. The van der Waals surface area contributed by atoms with Gasteiger partial charge in [0.2, 0.25) is 5.91 Å². The number of aromatic amines is 2. The summed E-state index contributed by atoms with van der Waals surface area (Å²) < 4.78 is 0. The molecule has 166 valence electrons. The average Bonchev–Trinajstić information content (AvgIpc) is 2.72. The molecule has 31 heavy (non-hydrogen) atoms. The number of amides is 1. The minimum Gasteiger partial charge on any atom is -0.343 e. The first-order chi connectivity index (χ1) is 14.7. The molecule has 3 rings (SSSR count). The second-order valence-corrected chi connectivity index (χ2v) is 8.83. The Balaban J connectivity index is 1.52. The van der Waals surface area contributed by atoms with Crippen molar-refractivity contribution < 1.29 is 9.59 Å². The van der Waals surface area contributed by atoms with Crippen LogP contribution in [-0.2, 0) is 17.6 Å². The number of H-pyrrole nitrogens is 2. The molecule has 2 heterocycles. The molecular formula is C24H31N3O4. The molecule has 2 aromatic rings. The fourth-order valence-corrected chi connectivity index (χ4v) is 4.22. The van der Waals surface area contributed by atoms with Crippen LogP contribution in [0.15, 0.2) is 33.9 Å². The second-order valence-electron chi connectivity index (χ2n) is 8.83. The fourth-order valence-electron chi connectivity index (χ4n) is 4.22. The van der Waals surface area contributed by atoms with Crippen molar-refractivity contribution in [3.8, 4) is 0 Å². The number of hydrogen-bond donors (Lipinski definition) is 2. The molecule has 1 fully saturated rings. The second kappa shape index (κ2) is 9.90. The monoisotopic (exact) mass is 425 g/mol. The maximum Gasteiger partial charge on any atom is 0.325 e. The van der Waals surface area contributed by atoms with E-state index in [4.69, 9.17) is 0 Å². The summed E-state index contributed by atoms with van der Waals surface area (Å²) >= 11 is 0. The summed E-state index contributed by atoms with van der Waals surface area (Å²) in [6.45, 7) is 7.09. The molecule has 7 heteroatoms. The minimum atomic E-state index is -0.543. The minimum absolute atomic E-state index is 0.0334. The van der Waals surface area contributed by atoms with Gasteiger partial charge in [-0.15, -0.1) is 0 Å². The van der Waals surface area contributed by atoms with Crippen LogP contribution in [0.4, 0.5) is 0 Å². The van der Waals surface area contributed by atoms with Gasteiger partial charge in [-0.05, 0) is 44.1 Å². The molecule has 0 atom stereocenters. The van der Waals surface area contributed by atoms with E-state index in [1.807, 2.05) is 24.3 Å². The number of nitrogens with zero attached hydrogens (tertiary/aromatic N) is 1. The zero-order chi connectivity index (χ0) is 22.5. The van der Waals surface area contributed by atoms with E-state index >= 15 is 0 Å². The quantitative estimate of drug-likeness (QED) is 0.666. The Morgan fingerprint density at radius 1 is 1.06 bits per heavy atom. The predicted molar refractivity (Wildman–Crippen MR) is 119 cm³/mol. The number of ketones is 1. The molecule has 2 N–H and O–H groups in total. The Bertz CT molecular complexity index is 1040. The van der Waals surface area contributed by atoms with Crippen molar-refractivity contribution in [3.05, 3.63) is 67.5 Å². The molecule has 1 aliphatic heterocycles. The Labute approximate surface area is 181 Å². The van der Waals surface area contributed by atoms with Gasteiger partial charge in [0.05, 0.1) is 0 Å². The number of nitrogens with one attached hydrogen (secondary N) is 2. The van der Waals surface area contributed by atoms with Crippen molar-refractivity contribution in [3.63, 3.8) is 0 Å². The van der Waals surface area contributed by atoms with E-state index in [9.17, 15) is 19.2 Å². The van der Waals surface area contributed by atoms with E-state index in [1.165, 1.54) is 5.56 Å². The lowest BCUT2D eigenvalue weighted by Gasteiger charge is -2.31. The predicted octanol–water partition coefficient (Wildman–Crippen LogP) is 2.62. The van der Waals surface area contributed by atoms with Crippen LogP contribution in [0.3, 0.4) is 0 Å². The van der Waals surface area contributed by atoms with Crippen molar-refractivity contribution in [2.45, 2.75) is 52.9 Å². The molecule has 1 amide bonds. The van der Waals surface area contributed by atoms with E-state index in [1.54, 1.807) is 11.8 Å². The number of likely N-dealkylation sites (tertiary alicyclic amines) is 1. The standard InChI is InChI=1S/C24H31N3O4/c1-15(2)14-17-4-6-18(7-5-17)22(29)19-10-12-27(13-11-19)21(28)9-8-20-16(3)25-24(31)26-23(20)30/h4-7,15,19H,8-14H2,1-3H3,(H2,25,26,30,31). The van der Waals surface area contributed by atoms with Gasteiger partial charge in [0.1, 0.15) is 0 Å². The molecule has 1 aliphatic rings. The zero-order valence-corrected chi connectivity index (χ0v) is 18.5. The lowest BCUT2D eigenvalue weighted by atomic mass is 9.88. The summed E-state index contributed by atoms with van der Waals surface area (Å²) in [7, 11) is 0. The average molecular weight is 426 g/mol. The van der Waals surface area contributed by atoms with Gasteiger partial charge in [-0.25, -0.2) is 4.79 Å². The molecule has 7 nitrogen and oxygen atoms in total. The van der Waals surface area contributed by atoms with Crippen molar-refractivity contribution in [2.75, 3.05) is 13.1 Å². The third-order valence-corrected chi connectivity index (χ3v) is 5.94. The highest BCUT2D eigenvalue weighted by molar-refractivity contribution is 5.98. The fraction of sp³-hybridized carbons (Fsp3) is 0.500. The van der Waals surface area contributed by atoms with E-state index in [0.29, 0.717) is 43.1 Å². The highest BCUT2D eigenvalue weighted by Gasteiger charge is 2.28. The van der Waals surface area contributed by atoms with Gasteiger partial charge >= 0.3 is 5.69 Å². The number of piperidine rings is 1. The summed E-state index contributed by atoms with van der Waals surface area (Å²) in [6.07, 6.45) is 2.77. The number of carbonyl (C=O) groups is 2. The van der Waals surface area contributed by atoms with Gasteiger partial charge in [-0.3, -0.25) is 19.4 Å². The number of aromatic nitrogens is 2. The summed E-state index contributed by atoms with van der Waals surface area (Å²) in [6, 6.07) is 7.90. The van der Waals surface area contributed by atoms with E-state index < -0.39 is 11.2 Å². The molecule has 0 bridgehead atoms. The summed E-state index contributed by atoms with van der Waals surface area (Å²) in [5, 5.41) is 0. The van der Waals surface area contributed by atoms with Crippen molar-refractivity contribution in [1.82, 2.24) is 14.9 Å². The number of Topliss-reactive ketones (excluding diaryl/α,β-unsaturated/α-hetero) is 1. The van der Waals surface area contributed by atoms with Crippen LogP contribution in [0.5, 0.6) is 0 Å². The summed E-state index contributed by atoms with van der Waals surface area (Å²) in [5.74, 6) is 0.631. The summed E-state index contributed by atoms with van der Waals surface area (Å²) in [5.41, 5.74) is 1.91. The van der Waals surface area contributed by atoms with Crippen LogP contribution in [0.25, 0.3) is 0 Å². The van der Waals surface area contributed by atoms with Gasteiger partial charge in [0.15, 0.2) is 5.78 Å². The molecule has 0 saturated carbocycles. The number of rotatable bonds is 7. The maximum absolute atomic E-state index is 12.9. The molecule has 1 aromatic carbocycles. The number of carbonyl (C=O) groups excluding carboxylic acids is 2. The topological polar surface area (TPSA) is 103 Å². The van der Waals surface area contributed by atoms with Crippen molar-refractivity contribution in [2.24, 2.45) is 11.8 Å². The van der Waals surface area contributed by atoms with Gasteiger partial charge in [0, 0.05) is 42.2 Å². The normalized spacial score (nSPS) is 14.8. The lowest BCUT2D eigenvalue weighted by molar-refractivity contribution is -0.132. The van der Waals surface area contributed by atoms with E-state index in [-0.39, 0.29) is 30.4 Å². The smallest absolute Gasteiger partial charge is 0.325 e. The molecule has 1 aromatic heterocycles. The molecule has 0 radical (unpaired) electrons. The first-order valence-electron chi connectivity index (χ1n) is 11.0. The number of hydrogen-bond acceptors (Lipinski definition) is 4. The molecule has 0 aliphatic carbocycles. The largest absolute Gasteiger partial charge is 0.343 e. The van der Waals surface area contributed by atoms with Crippen LogP contribution >= 0.6 is 0 Å². The van der Waals surface area contributed by atoms with Crippen LogP contribution in [0.1, 0.15) is 60.3 Å². The number of benzene rings is 1.